The van der Waals surface area contributed by atoms with Crippen LogP contribution in [0.2, 0.25) is 0 Å². The van der Waals surface area contributed by atoms with Crippen molar-refractivity contribution in [3.8, 4) is 0 Å². The van der Waals surface area contributed by atoms with Crippen LogP contribution >= 0.6 is 0 Å². The van der Waals surface area contributed by atoms with Crippen LogP contribution in [0.4, 0.5) is 0 Å². The van der Waals surface area contributed by atoms with E-state index in [4.69, 9.17) is 5.73 Å². The average molecular weight is 232 g/mol. The maximum atomic E-state index is 11.8. The summed E-state index contributed by atoms with van der Waals surface area (Å²) in [5.41, 5.74) is 5.98. The predicted molar refractivity (Wildman–Crippen MR) is 59.9 cm³/mol. The molecule has 2 fully saturated rings. The number of hydrogen-bond donors (Lipinski definition) is 2. The van der Waals surface area contributed by atoms with Crippen molar-refractivity contribution >= 4 is 10.0 Å². The van der Waals surface area contributed by atoms with E-state index in [0.717, 1.165) is 38.5 Å². The van der Waals surface area contributed by atoms with Crippen molar-refractivity contribution < 1.29 is 8.42 Å². The molecule has 15 heavy (non-hydrogen) atoms. The standard InChI is InChI=1S/C10H20N2O2S/c11-9-4-2-1-3-5-10(9)12-15(13,14)8-6-7-8/h8-10,12H,1-7,11H2. The van der Waals surface area contributed by atoms with Crippen molar-refractivity contribution in [2.45, 2.75) is 62.3 Å². The molecule has 4 nitrogen and oxygen atoms in total. The first-order chi connectivity index (χ1) is 7.09. The van der Waals surface area contributed by atoms with E-state index in [1.807, 2.05) is 0 Å². The molecule has 0 aliphatic heterocycles. The monoisotopic (exact) mass is 232 g/mol. The highest BCUT2D eigenvalue weighted by Gasteiger charge is 2.37. The Bertz CT molecular complexity index is 311. The number of sulfonamides is 1. The lowest BCUT2D eigenvalue weighted by molar-refractivity contribution is 0.456. The second-order valence-electron chi connectivity index (χ2n) is 4.77. The molecule has 0 spiro atoms. The minimum absolute atomic E-state index is 0.000949. The molecule has 5 heteroatoms. The minimum Gasteiger partial charge on any atom is -0.326 e. The number of rotatable bonds is 3. The van der Waals surface area contributed by atoms with Crippen LogP contribution in [0.1, 0.15) is 44.9 Å². The molecule has 2 aliphatic carbocycles. The topological polar surface area (TPSA) is 72.2 Å². The lowest BCUT2D eigenvalue weighted by Crippen LogP contribution is -2.47. The van der Waals surface area contributed by atoms with Gasteiger partial charge < -0.3 is 5.73 Å². The SMILES string of the molecule is NC1CCCCCC1NS(=O)(=O)C1CC1. The van der Waals surface area contributed by atoms with Gasteiger partial charge in [0.15, 0.2) is 0 Å². The maximum absolute atomic E-state index is 11.8. The van der Waals surface area contributed by atoms with E-state index in [1.165, 1.54) is 6.42 Å². The highest BCUT2D eigenvalue weighted by molar-refractivity contribution is 7.90. The molecule has 2 atom stereocenters. The third-order valence-corrected chi connectivity index (χ3v) is 5.33. The van der Waals surface area contributed by atoms with Crippen molar-refractivity contribution in [2.24, 2.45) is 5.73 Å². The molecular formula is C10H20N2O2S. The van der Waals surface area contributed by atoms with Crippen molar-refractivity contribution in [3.63, 3.8) is 0 Å². The molecule has 3 N–H and O–H groups in total. The Morgan fingerprint density at radius 3 is 2.33 bits per heavy atom. The quantitative estimate of drug-likeness (QED) is 0.705. The highest BCUT2D eigenvalue weighted by atomic mass is 32.2. The smallest absolute Gasteiger partial charge is 0.214 e. The Morgan fingerprint density at radius 2 is 1.67 bits per heavy atom. The zero-order valence-corrected chi connectivity index (χ0v) is 9.80. The molecule has 2 aliphatic rings. The van der Waals surface area contributed by atoms with E-state index in [9.17, 15) is 8.42 Å². The molecule has 0 radical (unpaired) electrons. The molecule has 88 valence electrons. The van der Waals surface area contributed by atoms with Gasteiger partial charge in [0.25, 0.3) is 0 Å². The Morgan fingerprint density at radius 1 is 1.00 bits per heavy atom. The molecule has 0 aromatic rings. The van der Waals surface area contributed by atoms with Gasteiger partial charge in [-0.25, -0.2) is 13.1 Å². The second kappa shape index (κ2) is 4.39. The Hall–Kier alpha value is -0.130. The second-order valence-corrected chi connectivity index (χ2v) is 6.76. The van der Waals surface area contributed by atoms with Crippen LogP contribution in [0.25, 0.3) is 0 Å². The summed E-state index contributed by atoms with van der Waals surface area (Å²) in [6.45, 7) is 0. The highest BCUT2D eigenvalue weighted by Crippen LogP contribution is 2.28. The van der Waals surface area contributed by atoms with E-state index in [-0.39, 0.29) is 17.3 Å². The summed E-state index contributed by atoms with van der Waals surface area (Å²) in [4.78, 5) is 0. The third kappa shape index (κ3) is 2.92. The summed E-state index contributed by atoms with van der Waals surface area (Å²) < 4.78 is 26.3. The zero-order chi connectivity index (χ0) is 10.9. The van der Waals surface area contributed by atoms with Crippen LogP contribution in [-0.2, 0) is 10.0 Å². The van der Waals surface area contributed by atoms with Gasteiger partial charge in [-0.05, 0) is 25.7 Å². The van der Waals surface area contributed by atoms with Crippen LogP contribution in [-0.4, -0.2) is 25.8 Å². The molecule has 2 saturated carbocycles. The van der Waals surface area contributed by atoms with Gasteiger partial charge in [-0.15, -0.1) is 0 Å². The van der Waals surface area contributed by atoms with Crippen LogP contribution < -0.4 is 10.5 Å². The number of nitrogens with one attached hydrogen (secondary N) is 1. The van der Waals surface area contributed by atoms with E-state index < -0.39 is 10.0 Å². The summed E-state index contributed by atoms with van der Waals surface area (Å²) in [5, 5.41) is -0.132. The number of hydrogen-bond acceptors (Lipinski definition) is 3. The first-order valence-corrected chi connectivity index (χ1v) is 7.41. The Kier molecular flexibility index (Phi) is 3.33. The third-order valence-electron chi connectivity index (χ3n) is 3.35. The zero-order valence-electron chi connectivity index (χ0n) is 8.98. The van der Waals surface area contributed by atoms with Crippen LogP contribution in [0, 0.1) is 0 Å². The molecule has 0 heterocycles. The molecule has 0 aromatic carbocycles. The molecular weight excluding hydrogens is 212 g/mol. The van der Waals surface area contributed by atoms with Gasteiger partial charge in [-0.2, -0.15) is 0 Å². The molecule has 0 aromatic heterocycles. The summed E-state index contributed by atoms with van der Waals surface area (Å²) >= 11 is 0. The van der Waals surface area contributed by atoms with Crippen LogP contribution in [0.5, 0.6) is 0 Å². The van der Waals surface area contributed by atoms with Crippen molar-refractivity contribution in [3.05, 3.63) is 0 Å². The fourth-order valence-electron chi connectivity index (χ4n) is 2.17. The van der Waals surface area contributed by atoms with Gasteiger partial charge in [0, 0.05) is 12.1 Å². The van der Waals surface area contributed by atoms with Gasteiger partial charge in [0.1, 0.15) is 0 Å². The molecule has 0 amide bonds. The van der Waals surface area contributed by atoms with Gasteiger partial charge >= 0.3 is 0 Å². The van der Waals surface area contributed by atoms with E-state index in [2.05, 4.69) is 4.72 Å². The van der Waals surface area contributed by atoms with Crippen molar-refractivity contribution in [1.29, 1.82) is 0 Å². The average Bonchev–Trinajstić information content (AvgIpc) is 2.95. The summed E-state index contributed by atoms with van der Waals surface area (Å²) in [6, 6.07) is -0.0286. The first-order valence-electron chi connectivity index (χ1n) is 5.86. The lowest BCUT2D eigenvalue weighted by atomic mass is 10.1. The predicted octanol–water partition coefficient (Wildman–Crippen LogP) is 0.728. The fraction of sp³-hybridized carbons (Fsp3) is 1.00. The molecule has 0 bridgehead atoms. The van der Waals surface area contributed by atoms with Gasteiger partial charge in [0.2, 0.25) is 10.0 Å². The lowest BCUT2D eigenvalue weighted by Gasteiger charge is -2.22. The summed E-state index contributed by atoms with van der Waals surface area (Å²) in [5.74, 6) is 0. The minimum atomic E-state index is -3.07. The van der Waals surface area contributed by atoms with E-state index in [1.54, 1.807) is 0 Å². The van der Waals surface area contributed by atoms with Crippen molar-refractivity contribution in [1.82, 2.24) is 4.72 Å². The summed E-state index contributed by atoms with van der Waals surface area (Å²) in [6.07, 6.45) is 6.86. The van der Waals surface area contributed by atoms with Crippen molar-refractivity contribution in [2.75, 3.05) is 0 Å². The molecule has 0 saturated heterocycles. The van der Waals surface area contributed by atoms with E-state index >= 15 is 0 Å². The fourth-order valence-corrected chi connectivity index (χ4v) is 3.83. The van der Waals surface area contributed by atoms with Gasteiger partial charge in [-0.1, -0.05) is 19.3 Å². The van der Waals surface area contributed by atoms with E-state index in [0.29, 0.717) is 0 Å². The molecule has 2 rings (SSSR count). The Labute approximate surface area is 91.7 Å². The molecule has 2 unspecified atom stereocenters. The summed E-state index contributed by atoms with van der Waals surface area (Å²) in [7, 11) is -3.07. The first kappa shape index (κ1) is 11.4. The normalized spacial score (nSPS) is 33.7. The number of nitrogens with two attached hydrogens (primary N) is 1. The van der Waals surface area contributed by atoms with Gasteiger partial charge in [0.05, 0.1) is 5.25 Å². The largest absolute Gasteiger partial charge is 0.326 e. The van der Waals surface area contributed by atoms with Gasteiger partial charge in [-0.3, -0.25) is 0 Å². The maximum Gasteiger partial charge on any atom is 0.214 e. The van der Waals surface area contributed by atoms with Crippen LogP contribution in [0.3, 0.4) is 0 Å². The Balaban J connectivity index is 1.96. The van der Waals surface area contributed by atoms with Crippen LogP contribution in [0.15, 0.2) is 0 Å².